The molecule has 0 amide bonds. The molecule has 0 spiro atoms. The average Bonchev–Trinajstić information content (AvgIpc) is 2.39. The quantitative estimate of drug-likeness (QED) is 0.863. The van der Waals surface area contributed by atoms with Gasteiger partial charge in [0, 0.05) is 19.2 Å². The molecule has 2 rings (SSSR count). The van der Waals surface area contributed by atoms with Crippen molar-refractivity contribution in [2.24, 2.45) is 5.73 Å². The zero-order valence-corrected chi connectivity index (χ0v) is 11.8. The van der Waals surface area contributed by atoms with Crippen molar-refractivity contribution in [3.05, 3.63) is 53.2 Å². The number of thiocarbonyl (C=S) groups is 1. The monoisotopic (exact) mass is 272 g/mol. The van der Waals surface area contributed by atoms with Gasteiger partial charge >= 0.3 is 0 Å². The SMILES string of the molecule is Cc1ccc(N(C)Cc2cccc(C(N)=S)c2)nn1. The molecule has 2 aromatic rings. The Morgan fingerprint density at radius 3 is 2.68 bits per heavy atom. The van der Waals surface area contributed by atoms with Crippen molar-refractivity contribution in [1.82, 2.24) is 10.2 Å². The van der Waals surface area contributed by atoms with Crippen LogP contribution in [0.25, 0.3) is 0 Å². The molecule has 1 aromatic heterocycles. The minimum Gasteiger partial charge on any atom is -0.389 e. The number of aromatic nitrogens is 2. The molecule has 0 aliphatic heterocycles. The van der Waals surface area contributed by atoms with Gasteiger partial charge in [-0.1, -0.05) is 30.4 Å². The van der Waals surface area contributed by atoms with Crippen molar-refractivity contribution < 1.29 is 0 Å². The van der Waals surface area contributed by atoms with Crippen LogP contribution in [-0.2, 0) is 6.54 Å². The van der Waals surface area contributed by atoms with Gasteiger partial charge in [-0.3, -0.25) is 0 Å². The van der Waals surface area contributed by atoms with Crippen LogP contribution in [0, 0.1) is 6.92 Å². The molecule has 0 atom stereocenters. The van der Waals surface area contributed by atoms with Crippen molar-refractivity contribution >= 4 is 23.0 Å². The van der Waals surface area contributed by atoms with Crippen LogP contribution in [0.2, 0.25) is 0 Å². The number of nitrogens with two attached hydrogens (primary N) is 1. The fraction of sp³-hybridized carbons (Fsp3) is 0.214. The third-order valence-electron chi connectivity index (χ3n) is 2.81. The Balaban J connectivity index is 2.14. The van der Waals surface area contributed by atoms with Gasteiger partial charge in [0.1, 0.15) is 4.99 Å². The maximum atomic E-state index is 5.64. The molecule has 0 radical (unpaired) electrons. The first-order valence-electron chi connectivity index (χ1n) is 5.96. The molecular formula is C14H16N4S. The first-order chi connectivity index (χ1) is 9.06. The van der Waals surface area contributed by atoms with Gasteiger partial charge in [0.15, 0.2) is 5.82 Å². The lowest BCUT2D eigenvalue weighted by Gasteiger charge is -2.18. The third kappa shape index (κ3) is 3.48. The summed E-state index contributed by atoms with van der Waals surface area (Å²) in [4.78, 5) is 2.45. The fourth-order valence-corrected chi connectivity index (χ4v) is 1.90. The van der Waals surface area contributed by atoms with E-state index >= 15 is 0 Å². The van der Waals surface area contributed by atoms with E-state index in [9.17, 15) is 0 Å². The highest BCUT2D eigenvalue weighted by Crippen LogP contribution is 2.13. The zero-order chi connectivity index (χ0) is 13.8. The van der Waals surface area contributed by atoms with Crippen LogP contribution in [-0.4, -0.2) is 22.2 Å². The highest BCUT2D eigenvalue weighted by atomic mass is 32.1. The van der Waals surface area contributed by atoms with Crippen molar-refractivity contribution in [3.8, 4) is 0 Å². The fourth-order valence-electron chi connectivity index (χ4n) is 1.77. The predicted molar refractivity (Wildman–Crippen MR) is 81.2 cm³/mol. The second-order valence-corrected chi connectivity index (χ2v) is 4.89. The molecule has 0 fully saturated rings. The molecule has 98 valence electrons. The zero-order valence-electron chi connectivity index (χ0n) is 11.0. The normalized spacial score (nSPS) is 10.2. The minimum atomic E-state index is 0.416. The largest absolute Gasteiger partial charge is 0.389 e. The van der Waals surface area contributed by atoms with Crippen molar-refractivity contribution in [2.75, 3.05) is 11.9 Å². The van der Waals surface area contributed by atoms with E-state index in [1.807, 2.05) is 55.3 Å². The average molecular weight is 272 g/mol. The van der Waals surface area contributed by atoms with Gasteiger partial charge in [0.25, 0.3) is 0 Å². The highest BCUT2D eigenvalue weighted by molar-refractivity contribution is 7.80. The van der Waals surface area contributed by atoms with Crippen molar-refractivity contribution in [3.63, 3.8) is 0 Å². The van der Waals surface area contributed by atoms with Crippen molar-refractivity contribution in [2.45, 2.75) is 13.5 Å². The van der Waals surface area contributed by atoms with Gasteiger partial charge < -0.3 is 10.6 Å². The lowest BCUT2D eigenvalue weighted by molar-refractivity contribution is 0.856. The van der Waals surface area contributed by atoms with E-state index in [-0.39, 0.29) is 0 Å². The summed E-state index contributed by atoms with van der Waals surface area (Å²) in [6, 6.07) is 11.8. The Hall–Kier alpha value is -2.01. The van der Waals surface area contributed by atoms with E-state index in [4.69, 9.17) is 18.0 Å². The molecule has 0 aliphatic carbocycles. The molecule has 0 saturated heterocycles. The molecule has 1 heterocycles. The van der Waals surface area contributed by atoms with Crippen LogP contribution in [0.5, 0.6) is 0 Å². The molecular weight excluding hydrogens is 256 g/mol. The number of rotatable bonds is 4. The van der Waals surface area contributed by atoms with E-state index in [1.54, 1.807) is 0 Å². The molecule has 1 aromatic carbocycles. The standard InChI is InChI=1S/C14H16N4S/c1-10-6-7-13(17-16-10)18(2)9-11-4-3-5-12(8-11)14(15)19/h3-8H,9H2,1-2H3,(H2,15,19). The summed E-state index contributed by atoms with van der Waals surface area (Å²) in [6.45, 7) is 2.65. The van der Waals surface area contributed by atoms with Gasteiger partial charge in [-0.25, -0.2) is 0 Å². The number of benzene rings is 1. The van der Waals surface area contributed by atoms with E-state index in [0.29, 0.717) is 4.99 Å². The van der Waals surface area contributed by atoms with Gasteiger partial charge in [0.2, 0.25) is 0 Å². The van der Waals surface area contributed by atoms with Crippen LogP contribution in [0.1, 0.15) is 16.8 Å². The Kier molecular flexibility index (Phi) is 4.06. The molecule has 0 unspecified atom stereocenters. The van der Waals surface area contributed by atoms with Gasteiger partial charge in [-0.05, 0) is 30.7 Å². The maximum Gasteiger partial charge on any atom is 0.151 e. The number of hydrogen-bond donors (Lipinski definition) is 1. The van der Waals surface area contributed by atoms with Crippen LogP contribution in [0.3, 0.4) is 0 Å². The Morgan fingerprint density at radius 1 is 1.26 bits per heavy atom. The summed E-state index contributed by atoms with van der Waals surface area (Å²) in [7, 11) is 1.98. The maximum absolute atomic E-state index is 5.64. The second-order valence-electron chi connectivity index (χ2n) is 4.45. The topological polar surface area (TPSA) is 55.0 Å². The molecule has 0 saturated carbocycles. The molecule has 0 bridgehead atoms. The predicted octanol–water partition coefficient (Wildman–Crippen LogP) is 2.06. The van der Waals surface area contributed by atoms with Crippen molar-refractivity contribution in [1.29, 1.82) is 0 Å². The Bertz CT molecular complexity index is 580. The van der Waals surface area contributed by atoms with Crippen LogP contribution in [0.15, 0.2) is 36.4 Å². The van der Waals surface area contributed by atoms with Gasteiger partial charge in [-0.15, -0.1) is 5.10 Å². The number of hydrogen-bond acceptors (Lipinski definition) is 4. The highest BCUT2D eigenvalue weighted by Gasteiger charge is 2.05. The lowest BCUT2D eigenvalue weighted by Crippen LogP contribution is -2.18. The summed E-state index contributed by atoms with van der Waals surface area (Å²) in [5, 5.41) is 8.21. The van der Waals surface area contributed by atoms with Crippen LogP contribution < -0.4 is 10.6 Å². The summed E-state index contributed by atoms with van der Waals surface area (Å²) in [5.74, 6) is 0.839. The molecule has 19 heavy (non-hydrogen) atoms. The van der Waals surface area contributed by atoms with Crippen LogP contribution >= 0.6 is 12.2 Å². The summed E-state index contributed by atoms with van der Waals surface area (Å²) in [5.41, 5.74) is 8.57. The molecule has 4 nitrogen and oxygen atoms in total. The molecule has 0 aliphatic rings. The van der Waals surface area contributed by atoms with Gasteiger partial charge in [0.05, 0.1) is 5.69 Å². The number of anilines is 1. The lowest BCUT2D eigenvalue weighted by atomic mass is 10.1. The summed E-state index contributed by atoms with van der Waals surface area (Å²) >= 11 is 4.98. The number of aryl methyl sites for hydroxylation is 1. The summed E-state index contributed by atoms with van der Waals surface area (Å²) < 4.78 is 0. The van der Waals surface area contributed by atoms with E-state index in [2.05, 4.69) is 10.2 Å². The van der Waals surface area contributed by atoms with Gasteiger partial charge in [-0.2, -0.15) is 5.10 Å². The molecule has 2 N–H and O–H groups in total. The summed E-state index contributed by atoms with van der Waals surface area (Å²) in [6.07, 6.45) is 0. The van der Waals surface area contributed by atoms with Crippen LogP contribution in [0.4, 0.5) is 5.82 Å². The first kappa shape index (κ1) is 13.4. The third-order valence-corrected chi connectivity index (χ3v) is 3.04. The van der Waals surface area contributed by atoms with E-state index in [1.165, 1.54) is 0 Å². The molecule has 5 heteroatoms. The first-order valence-corrected chi connectivity index (χ1v) is 6.37. The Morgan fingerprint density at radius 2 is 2.05 bits per heavy atom. The second kappa shape index (κ2) is 5.75. The van der Waals surface area contributed by atoms with E-state index < -0.39 is 0 Å². The smallest absolute Gasteiger partial charge is 0.151 e. The Labute approximate surface area is 118 Å². The minimum absolute atomic E-state index is 0.416. The number of nitrogens with zero attached hydrogens (tertiary/aromatic N) is 3. The van der Waals surface area contributed by atoms with E-state index in [0.717, 1.165) is 29.2 Å².